The van der Waals surface area contributed by atoms with Crippen molar-refractivity contribution in [1.29, 1.82) is 0 Å². The highest BCUT2D eigenvalue weighted by molar-refractivity contribution is 5.60. The zero-order valence-corrected chi connectivity index (χ0v) is 5.78. The SMILES string of the molecule is COCOC[C@@H]1O[C@H]1C=O. The number of carbonyl (C=O) groups excluding carboxylic acids is 1. The van der Waals surface area contributed by atoms with E-state index in [1.807, 2.05) is 0 Å². The number of aldehydes is 1. The number of carbonyl (C=O) groups is 1. The van der Waals surface area contributed by atoms with Crippen molar-refractivity contribution in [2.24, 2.45) is 0 Å². The first-order chi connectivity index (χ1) is 4.88. The Bertz CT molecular complexity index is 114. The van der Waals surface area contributed by atoms with Gasteiger partial charge in [0.25, 0.3) is 0 Å². The zero-order chi connectivity index (χ0) is 7.40. The highest BCUT2D eigenvalue weighted by Crippen LogP contribution is 2.19. The lowest BCUT2D eigenvalue weighted by Crippen LogP contribution is -2.07. The van der Waals surface area contributed by atoms with Crippen LogP contribution >= 0.6 is 0 Å². The van der Waals surface area contributed by atoms with Gasteiger partial charge in [0.05, 0.1) is 6.61 Å². The van der Waals surface area contributed by atoms with E-state index in [-0.39, 0.29) is 19.0 Å². The molecule has 0 amide bonds. The first-order valence-corrected chi connectivity index (χ1v) is 3.06. The Morgan fingerprint density at radius 3 is 3.00 bits per heavy atom. The fourth-order valence-electron chi connectivity index (χ4n) is 0.658. The van der Waals surface area contributed by atoms with E-state index < -0.39 is 0 Å². The fraction of sp³-hybridized carbons (Fsp3) is 0.833. The summed E-state index contributed by atoms with van der Waals surface area (Å²) >= 11 is 0. The maximum absolute atomic E-state index is 10.00. The molecule has 0 bridgehead atoms. The predicted octanol–water partition coefficient (Wildman–Crippen LogP) is -0.427. The van der Waals surface area contributed by atoms with Crippen molar-refractivity contribution in [3.8, 4) is 0 Å². The molecule has 1 fully saturated rings. The first-order valence-electron chi connectivity index (χ1n) is 3.06. The standard InChI is InChI=1S/C6H10O4/c1-8-4-9-3-6-5(2-7)10-6/h2,5-6H,3-4H2,1H3/t5-,6-/m0/s1. The van der Waals surface area contributed by atoms with Crippen LogP contribution < -0.4 is 0 Å². The molecule has 1 heterocycles. The molecule has 0 saturated carbocycles. The molecule has 0 aliphatic carbocycles. The van der Waals surface area contributed by atoms with Crippen molar-refractivity contribution in [2.75, 3.05) is 20.5 Å². The fourth-order valence-corrected chi connectivity index (χ4v) is 0.658. The summed E-state index contributed by atoms with van der Waals surface area (Å²) in [6.45, 7) is 0.697. The zero-order valence-electron chi connectivity index (χ0n) is 5.78. The van der Waals surface area contributed by atoms with Crippen LogP contribution in [0.3, 0.4) is 0 Å². The van der Waals surface area contributed by atoms with Crippen LogP contribution in [0.5, 0.6) is 0 Å². The monoisotopic (exact) mass is 146 g/mol. The van der Waals surface area contributed by atoms with Crippen LogP contribution in [0.1, 0.15) is 0 Å². The Hall–Kier alpha value is -0.450. The van der Waals surface area contributed by atoms with Crippen molar-refractivity contribution >= 4 is 6.29 Å². The van der Waals surface area contributed by atoms with Crippen LogP contribution in [-0.4, -0.2) is 39.0 Å². The molecule has 4 heteroatoms. The number of epoxide rings is 1. The van der Waals surface area contributed by atoms with E-state index in [4.69, 9.17) is 9.47 Å². The highest BCUT2D eigenvalue weighted by atomic mass is 16.7. The lowest BCUT2D eigenvalue weighted by atomic mass is 10.4. The van der Waals surface area contributed by atoms with Crippen molar-refractivity contribution < 1.29 is 19.0 Å². The molecular formula is C6H10O4. The summed E-state index contributed by atoms with van der Waals surface area (Å²) in [6.07, 6.45) is 0.505. The number of hydrogen-bond donors (Lipinski definition) is 0. The molecular weight excluding hydrogens is 136 g/mol. The molecule has 4 nitrogen and oxygen atoms in total. The summed E-state index contributed by atoms with van der Waals surface area (Å²) in [5.41, 5.74) is 0. The third-order valence-corrected chi connectivity index (χ3v) is 1.24. The highest BCUT2D eigenvalue weighted by Gasteiger charge is 2.38. The van der Waals surface area contributed by atoms with Crippen molar-refractivity contribution in [2.45, 2.75) is 12.2 Å². The van der Waals surface area contributed by atoms with Gasteiger partial charge in [-0.1, -0.05) is 0 Å². The smallest absolute Gasteiger partial charge is 0.151 e. The Balaban J connectivity index is 1.91. The lowest BCUT2D eigenvalue weighted by molar-refractivity contribution is -0.108. The Morgan fingerprint density at radius 2 is 2.50 bits per heavy atom. The van der Waals surface area contributed by atoms with Crippen LogP contribution in [0.15, 0.2) is 0 Å². The van der Waals surface area contributed by atoms with Gasteiger partial charge in [-0.15, -0.1) is 0 Å². The van der Waals surface area contributed by atoms with E-state index in [0.29, 0.717) is 6.61 Å². The molecule has 0 N–H and O–H groups in total. The molecule has 0 aromatic carbocycles. The second-order valence-corrected chi connectivity index (χ2v) is 2.05. The Kier molecular flexibility index (Phi) is 2.80. The summed E-state index contributed by atoms with van der Waals surface area (Å²) < 4.78 is 14.4. The van der Waals surface area contributed by atoms with E-state index in [1.54, 1.807) is 7.11 Å². The Labute approximate surface area is 59.1 Å². The topological polar surface area (TPSA) is 48.1 Å². The van der Waals surface area contributed by atoms with E-state index in [2.05, 4.69) is 4.74 Å². The number of hydrogen-bond acceptors (Lipinski definition) is 4. The summed E-state index contributed by atoms with van der Waals surface area (Å²) in [5, 5.41) is 0. The van der Waals surface area contributed by atoms with Gasteiger partial charge in [0.15, 0.2) is 6.29 Å². The molecule has 2 atom stereocenters. The van der Waals surface area contributed by atoms with Gasteiger partial charge in [-0.2, -0.15) is 0 Å². The predicted molar refractivity (Wildman–Crippen MR) is 32.6 cm³/mol. The molecule has 58 valence electrons. The van der Waals surface area contributed by atoms with Gasteiger partial charge >= 0.3 is 0 Å². The van der Waals surface area contributed by atoms with Gasteiger partial charge in [-0.25, -0.2) is 0 Å². The van der Waals surface area contributed by atoms with E-state index >= 15 is 0 Å². The number of ether oxygens (including phenoxy) is 3. The van der Waals surface area contributed by atoms with Crippen molar-refractivity contribution in [3.63, 3.8) is 0 Å². The summed E-state index contributed by atoms with van der Waals surface area (Å²) in [5.74, 6) is 0. The minimum Gasteiger partial charge on any atom is -0.359 e. The van der Waals surface area contributed by atoms with Crippen molar-refractivity contribution in [3.05, 3.63) is 0 Å². The van der Waals surface area contributed by atoms with Crippen LogP contribution in [0.4, 0.5) is 0 Å². The average molecular weight is 146 g/mol. The molecule has 1 saturated heterocycles. The van der Waals surface area contributed by atoms with Gasteiger partial charge in [0, 0.05) is 7.11 Å². The molecule has 1 rings (SSSR count). The minimum atomic E-state index is -0.239. The normalized spacial score (nSPS) is 30.1. The first kappa shape index (κ1) is 7.65. The molecule has 1 aliphatic heterocycles. The van der Waals surface area contributed by atoms with Gasteiger partial charge in [0.1, 0.15) is 19.0 Å². The van der Waals surface area contributed by atoms with Gasteiger partial charge in [0.2, 0.25) is 0 Å². The van der Waals surface area contributed by atoms with Crippen LogP contribution in [0, 0.1) is 0 Å². The van der Waals surface area contributed by atoms with Crippen LogP contribution in [-0.2, 0) is 19.0 Å². The van der Waals surface area contributed by atoms with Crippen LogP contribution in [0.2, 0.25) is 0 Å². The average Bonchev–Trinajstić information content (AvgIpc) is 2.68. The summed E-state index contributed by atoms with van der Waals surface area (Å²) in [7, 11) is 1.55. The van der Waals surface area contributed by atoms with E-state index in [9.17, 15) is 4.79 Å². The molecule has 0 aromatic rings. The molecule has 1 aliphatic rings. The Morgan fingerprint density at radius 1 is 1.70 bits per heavy atom. The van der Waals surface area contributed by atoms with Crippen LogP contribution in [0.25, 0.3) is 0 Å². The summed E-state index contributed by atoms with van der Waals surface area (Å²) in [6, 6.07) is 0. The number of rotatable bonds is 5. The second-order valence-electron chi connectivity index (χ2n) is 2.05. The van der Waals surface area contributed by atoms with Gasteiger partial charge < -0.3 is 19.0 Å². The van der Waals surface area contributed by atoms with Gasteiger partial charge in [-0.3, -0.25) is 0 Å². The third kappa shape index (κ3) is 2.06. The van der Waals surface area contributed by atoms with Gasteiger partial charge in [-0.05, 0) is 0 Å². The largest absolute Gasteiger partial charge is 0.359 e. The maximum Gasteiger partial charge on any atom is 0.151 e. The molecule has 0 aromatic heterocycles. The second kappa shape index (κ2) is 3.65. The number of methoxy groups -OCH3 is 1. The minimum absolute atomic E-state index is 0.0346. The van der Waals surface area contributed by atoms with Crippen molar-refractivity contribution in [1.82, 2.24) is 0 Å². The van der Waals surface area contributed by atoms with E-state index in [1.165, 1.54) is 0 Å². The maximum atomic E-state index is 10.00. The third-order valence-electron chi connectivity index (χ3n) is 1.24. The molecule has 10 heavy (non-hydrogen) atoms. The summed E-state index contributed by atoms with van der Waals surface area (Å²) in [4.78, 5) is 10.00. The van der Waals surface area contributed by atoms with E-state index in [0.717, 1.165) is 6.29 Å². The lowest BCUT2D eigenvalue weighted by Gasteiger charge is -1.96. The quantitative estimate of drug-likeness (QED) is 0.228. The molecule has 0 radical (unpaired) electrons. The molecule has 0 spiro atoms. The molecule has 0 unspecified atom stereocenters.